The molecule has 2 fully saturated rings. The number of barbiturate groups is 1. The van der Waals surface area contributed by atoms with E-state index in [1.54, 1.807) is 18.2 Å². The Morgan fingerprint density at radius 1 is 1.08 bits per heavy atom. The van der Waals surface area contributed by atoms with Crippen molar-refractivity contribution in [1.29, 1.82) is 0 Å². The van der Waals surface area contributed by atoms with Crippen LogP contribution in [0.25, 0.3) is 0 Å². The number of fused-ring (bicyclic) bond motifs is 4. The molecule has 0 radical (unpaired) electrons. The van der Waals surface area contributed by atoms with E-state index in [0.717, 1.165) is 29.0 Å². The van der Waals surface area contributed by atoms with Crippen LogP contribution in [0.5, 0.6) is 11.5 Å². The van der Waals surface area contributed by atoms with Crippen LogP contribution in [0, 0.1) is 15.5 Å². The van der Waals surface area contributed by atoms with Crippen molar-refractivity contribution in [1.82, 2.24) is 10.2 Å². The molecule has 11 nitrogen and oxygen atoms in total. The predicted molar refractivity (Wildman–Crippen MR) is 133 cm³/mol. The third-order valence-corrected chi connectivity index (χ3v) is 7.69. The lowest BCUT2D eigenvalue weighted by Gasteiger charge is -2.53. The largest absolute Gasteiger partial charge is 0.493 e. The number of carbonyl (C=O) groups excluding carboxylic acids is 3. The van der Waals surface area contributed by atoms with Crippen molar-refractivity contribution in [3.63, 3.8) is 0 Å². The van der Waals surface area contributed by atoms with Crippen LogP contribution in [-0.2, 0) is 22.4 Å². The summed E-state index contributed by atoms with van der Waals surface area (Å²) in [5.41, 5.74) is 0.539. The lowest BCUT2D eigenvalue weighted by Crippen LogP contribution is -2.72. The highest BCUT2D eigenvalue weighted by Crippen LogP contribution is 2.48. The molecular weight excluding hydrogens is 480 g/mol. The molecule has 37 heavy (non-hydrogen) atoms. The number of anilines is 1. The second kappa shape index (κ2) is 9.38. The summed E-state index contributed by atoms with van der Waals surface area (Å²) in [4.78, 5) is 54.5. The van der Waals surface area contributed by atoms with Crippen LogP contribution < -0.4 is 19.7 Å². The summed E-state index contributed by atoms with van der Waals surface area (Å²) in [6, 6.07) is 8.74. The zero-order chi connectivity index (χ0) is 26.3. The molecule has 0 aromatic heterocycles. The second-order valence-corrected chi connectivity index (χ2v) is 9.58. The highest BCUT2D eigenvalue weighted by atomic mass is 16.6. The fraction of sp³-hybridized carbons (Fsp3) is 0.423. The van der Waals surface area contributed by atoms with Gasteiger partial charge in [0.2, 0.25) is 11.8 Å². The van der Waals surface area contributed by atoms with Gasteiger partial charge in [0, 0.05) is 37.3 Å². The summed E-state index contributed by atoms with van der Waals surface area (Å²) in [6.07, 6.45) is 2.66. The van der Waals surface area contributed by atoms with Crippen molar-refractivity contribution in [2.45, 2.75) is 38.1 Å². The van der Waals surface area contributed by atoms with Crippen molar-refractivity contribution >= 4 is 29.2 Å². The fourth-order valence-corrected chi connectivity index (χ4v) is 5.89. The molecule has 3 aliphatic heterocycles. The van der Waals surface area contributed by atoms with Gasteiger partial charge in [0.25, 0.3) is 5.69 Å². The van der Waals surface area contributed by atoms with Gasteiger partial charge in [-0.1, -0.05) is 6.07 Å². The SMILES string of the molecule is COc1ccc(CCN2C(=O)NC(=O)[C@]3(Cc4cc([N+](=O)[O-])ccc4N4CCCC[C@@H]43)C2=O)cc1OC. The van der Waals surface area contributed by atoms with Crippen molar-refractivity contribution < 1.29 is 28.8 Å². The number of ether oxygens (including phenoxy) is 2. The Morgan fingerprint density at radius 2 is 1.86 bits per heavy atom. The number of nitro benzene ring substituents is 1. The number of urea groups is 1. The molecule has 2 saturated heterocycles. The Hall–Kier alpha value is -4.15. The van der Waals surface area contributed by atoms with Gasteiger partial charge in [-0.15, -0.1) is 0 Å². The average molecular weight is 509 g/mol. The summed E-state index contributed by atoms with van der Waals surface area (Å²) in [6.45, 7) is 0.682. The topological polar surface area (TPSA) is 131 Å². The molecule has 0 aliphatic carbocycles. The van der Waals surface area contributed by atoms with E-state index in [-0.39, 0.29) is 18.7 Å². The summed E-state index contributed by atoms with van der Waals surface area (Å²) in [5, 5.41) is 13.9. The number of nitrogens with zero attached hydrogens (tertiary/aromatic N) is 3. The molecule has 0 bridgehead atoms. The lowest BCUT2D eigenvalue weighted by molar-refractivity contribution is -0.384. The minimum atomic E-state index is -1.55. The second-order valence-electron chi connectivity index (χ2n) is 9.58. The van der Waals surface area contributed by atoms with E-state index >= 15 is 0 Å². The Balaban J connectivity index is 1.49. The van der Waals surface area contributed by atoms with Crippen LogP contribution >= 0.6 is 0 Å². The predicted octanol–water partition coefficient (Wildman–Crippen LogP) is 2.83. The minimum absolute atomic E-state index is 0.00398. The highest BCUT2D eigenvalue weighted by Gasteiger charge is 2.62. The molecule has 3 aliphatic rings. The smallest absolute Gasteiger partial charge is 0.330 e. The van der Waals surface area contributed by atoms with Gasteiger partial charge in [-0.05, 0) is 55.0 Å². The van der Waals surface area contributed by atoms with E-state index in [9.17, 15) is 24.5 Å². The van der Waals surface area contributed by atoms with E-state index in [0.29, 0.717) is 36.4 Å². The molecule has 0 unspecified atom stereocenters. The third-order valence-electron chi connectivity index (χ3n) is 7.69. The number of imide groups is 2. The lowest BCUT2D eigenvalue weighted by atomic mass is 9.66. The quantitative estimate of drug-likeness (QED) is 0.358. The van der Waals surface area contributed by atoms with Gasteiger partial charge in [-0.25, -0.2) is 4.79 Å². The molecule has 2 aromatic rings. The molecule has 1 spiro atoms. The Bertz CT molecular complexity index is 1300. The number of benzene rings is 2. The number of nitro groups is 1. The molecule has 11 heteroatoms. The van der Waals surface area contributed by atoms with Gasteiger partial charge < -0.3 is 14.4 Å². The summed E-state index contributed by atoms with van der Waals surface area (Å²) < 4.78 is 10.6. The molecule has 0 saturated carbocycles. The van der Waals surface area contributed by atoms with Crippen LogP contribution in [0.15, 0.2) is 36.4 Å². The number of rotatable bonds is 6. The molecular formula is C26H28N4O7. The number of piperidine rings is 1. The molecule has 4 amide bonds. The maximum atomic E-state index is 14.1. The van der Waals surface area contributed by atoms with E-state index in [4.69, 9.17) is 9.47 Å². The fourth-order valence-electron chi connectivity index (χ4n) is 5.89. The third kappa shape index (κ3) is 3.94. The van der Waals surface area contributed by atoms with E-state index in [2.05, 4.69) is 5.32 Å². The van der Waals surface area contributed by atoms with Crippen molar-refractivity contribution in [3.05, 3.63) is 57.6 Å². The van der Waals surface area contributed by atoms with Crippen LogP contribution in [0.2, 0.25) is 0 Å². The van der Waals surface area contributed by atoms with Crippen molar-refractivity contribution in [2.24, 2.45) is 5.41 Å². The summed E-state index contributed by atoms with van der Waals surface area (Å²) in [5.74, 6) is -0.103. The summed E-state index contributed by atoms with van der Waals surface area (Å²) >= 11 is 0. The standard InChI is InChI=1S/C26H28N4O7/c1-36-20-9-6-16(13-21(20)37-2)10-12-29-24(32)26(23(31)27-25(29)33)15-17-14-18(30(34)35)7-8-19(17)28-11-4-3-5-22(26)28/h6-9,13-14,22H,3-5,10-12,15H2,1-2H3,(H,27,31,33)/t22-,26-/m1/s1. The van der Waals surface area contributed by atoms with Crippen LogP contribution in [-0.4, -0.2) is 61.0 Å². The van der Waals surface area contributed by atoms with Gasteiger partial charge in [-0.3, -0.25) is 29.9 Å². The van der Waals surface area contributed by atoms with E-state index in [1.807, 2.05) is 11.0 Å². The summed E-state index contributed by atoms with van der Waals surface area (Å²) in [7, 11) is 3.07. The first kappa shape index (κ1) is 24.5. The Morgan fingerprint density at radius 3 is 2.59 bits per heavy atom. The van der Waals surface area contributed by atoms with Crippen LogP contribution in [0.4, 0.5) is 16.2 Å². The van der Waals surface area contributed by atoms with Gasteiger partial charge in [-0.2, -0.15) is 0 Å². The molecule has 2 atom stereocenters. The molecule has 3 heterocycles. The first-order chi connectivity index (χ1) is 17.8. The number of amides is 4. The zero-order valence-electron chi connectivity index (χ0n) is 20.7. The number of nitrogens with one attached hydrogen (secondary N) is 1. The number of carbonyl (C=O) groups is 3. The van der Waals surface area contributed by atoms with Gasteiger partial charge in [0.1, 0.15) is 0 Å². The molecule has 1 N–H and O–H groups in total. The molecule has 2 aromatic carbocycles. The van der Waals surface area contributed by atoms with Gasteiger partial charge >= 0.3 is 6.03 Å². The van der Waals surface area contributed by atoms with Crippen molar-refractivity contribution in [2.75, 3.05) is 32.2 Å². The zero-order valence-corrected chi connectivity index (χ0v) is 20.7. The Labute approximate surface area is 213 Å². The number of methoxy groups -OCH3 is 2. The minimum Gasteiger partial charge on any atom is -0.493 e. The van der Waals surface area contributed by atoms with E-state index < -0.39 is 34.2 Å². The molecule has 5 rings (SSSR count). The van der Waals surface area contributed by atoms with E-state index in [1.165, 1.54) is 26.4 Å². The first-order valence-electron chi connectivity index (χ1n) is 12.2. The van der Waals surface area contributed by atoms with Crippen LogP contribution in [0.3, 0.4) is 0 Å². The molecule has 194 valence electrons. The average Bonchev–Trinajstić information content (AvgIpc) is 2.91. The van der Waals surface area contributed by atoms with Gasteiger partial charge in [0.15, 0.2) is 16.9 Å². The normalized spacial score (nSPS) is 22.9. The number of hydrogen-bond acceptors (Lipinski definition) is 8. The maximum absolute atomic E-state index is 14.1. The maximum Gasteiger partial charge on any atom is 0.330 e. The highest BCUT2D eigenvalue weighted by molar-refractivity contribution is 6.20. The monoisotopic (exact) mass is 508 g/mol. The number of hydrogen-bond donors (Lipinski definition) is 1. The van der Waals surface area contributed by atoms with Crippen LogP contribution in [0.1, 0.15) is 30.4 Å². The van der Waals surface area contributed by atoms with Crippen molar-refractivity contribution in [3.8, 4) is 11.5 Å². The number of non-ortho nitro benzene ring substituents is 1. The Kier molecular flexibility index (Phi) is 6.22. The first-order valence-corrected chi connectivity index (χ1v) is 12.2. The van der Waals surface area contributed by atoms with Gasteiger partial charge in [0.05, 0.1) is 25.2 Å².